The van der Waals surface area contributed by atoms with Crippen LogP contribution < -0.4 is 14.8 Å². The second-order valence-electron chi connectivity index (χ2n) is 4.87. The molecule has 1 aliphatic rings. The topological polar surface area (TPSA) is 43.4 Å². The van der Waals surface area contributed by atoms with E-state index in [1.54, 1.807) is 11.3 Å². The highest BCUT2D eigenvalue weighted by Crippen LogP contribution is 2.42. The molecule has 112 valence electrons. The Morgan fingerprint density at radius 3 is 2.90 bits per heavy atom. The molecule has 0 spiro atoms. The van der Waals surface area contributed by atoms with Gasteiger partial charge in [-0.1, -0.05) is 18.5 Å². The van der Waals surface area contributed by atoms with Crippen molar-refractivity contribution in [1.29, 1.82) is 0 Å². The van der Waals surface area contributed by atoms with Gasteiger partial charge in [0.15, 0.2) is 11.5 Å². The minimum atomic E-state index is 0.000926. The molecule has 2 heterocycles. The number of halogens is 1. The Balaban J connectivity index is 2.01. The van der Waals surface area contributed by atoms with Crippen molar-refractivity contribution in [2.24, 2.45) is 0 Å². The van der Waals surface area contributed by atoms with Crippen LogP contribution in [0.2, 0.25) is 5.02 Å². The van der Waals surface area contributed by atoms with Crippen LogP contribution in [0, 0.1) is 6.92 Å². The molecule has 0 saturated carbocycles. The monoisotopic (exact) mass is 324 g/mol. The molecule has 1 atom stereocenters. The number of aryl methyl sites for hydroxylation is 2. The lowest BCUT2D eigenvalue weighted by Gasteiger charge is -2.15. The number of nitrogens with one attached hydrogen (secondary N) is 1. The van der Waals surface area contributed by atoms with Gasteiger partial charge in [0.1, 0.15) is 5.01 Å². The zero-order valence-electron chi connectivity index (χ0n) is 12.2. The molecule has 6 heteroatoms. The average Bonchev–Trinajstić information content (AvgIpc) is 3.06. The molecule has 0 fully saturated rings. The molecule has 0 saturated heterocycles. The molecule has 0 bridgehead atoms. The van der Waals surface area contributed by atoms with E-state index >= 15 is 0 Å². The third kappa shape index (κ3) is 2.61. The predicted octanol–water partition coefficient (Wildman–Crippen LogP) is 3.70. The lowest BCUT2D eigenvalue weighted by molar-refractivity contribution is 0.174. The molecule has 1 N–H and O–H groups in total. The zero-order valence-corrected chi connectivity index (χ0v) is 13.8. The average molecular weight is 325 g/mol. The Hall–Kier alpha value is -1.30. The summed E-state index contributed by atoms with van der Waals surface area (Å²) in [5.41, 5.74) is 2.19. The number of hydrogen-bond donors (Lipinski definition) is 1. The summed E-state index contributed by atoms with van der Waals surface area (Å²) in [4.78, 5) is 6.00. The van der Waals surface area contributed by atoms with Crippen LogP contribution in [0.4, 0.5) is 0 Å². The first-order chi connectivity index (χ1) is 10.1. The summed E-state index contributed by atoms with van der Waals surface area (Å²) >= 11 is 7.99. The van der Waals surface area contributed by atoms with Crippen molar-refractivity contribution < 1.29 is 9.47 Å². The number of thiazole rings is 1. The molecule has 1 unspecified atom stereocenters. The van der Waals surface area contributed by atoms with E-state index in [2.05, 4.69) is 19.2 Å². The van der Waals surface area contributed by atoms with Gasteiger partial charge >= 0.3 is 0 Å². The molecule has 1 aliphatic heterocycles. The number of aromatic nitrogens is 1. The number of benzene rings is 1. The van der Waals surface area contributed by atoms with Gasteiger partial charge in [0.25, 0.3) is 0 Å². The van der Waals surface area contributed by atoms with Gasteiger partial charge in [-0.2, -0.15) is 0 Å². The lowest BCUT2D eigenvalue weighted by atomic mass is 10.1. The number of rotatable bonds is 4. The van der Waals surface area contributed by atoms with Gasteiger partial charge in [0.2, 0.25) is 6.79 Å². The van der Waals surface area contributed by atoms with E-state index in [0.29, 0.717) is 16.5 Å². The van der Waals surface area contributed by atoms with Crippen LogP contribution in [0.3, 0.4) is 0 Å². The second kappa shape index (κ2) is 5.83. The fourth-order valence-electron chi connectivity index (χ4n) is 2.49. The normalized spacial score (nSPS) is 14.5. The standard InChI is InChI=1S/C15H17ClN2O2S/c1-4-11-8(2)21-15(18-11)13(17-3)9-5-10(16)14-12(6-9)19-7-20-14/h5-6,13,17H,4,7H2,1-3H3. The van der Waals surface area contributed by atoms with E-state index in [0.717, 1.165) is 22.7 Å². The Kier molecular flexibility index (Phi) is 4.06. The molecule has 1 aromatic heterocycles. The van der Waals surface area contributed by atoms with Crippen LogP contribution in [-0.4, -0.2) is 18.8 Å². The number of fused-ring (bicyclic) bond motifs is 1. The molecular weight excluding hydrogens is 308 g/mol. The van der Waals surface area contributed by atoms with Crippen LogP contribution in [0.25, 0.3) is 0 Å². The molecule has 4 nitrogen and oxygen atoms in total. The molecule has 2 aromatic rings. The number of ether oxygens (including phenoxy) is 2. The van der Waals surface area contributed by atoms with Gasteiger partial charge in [-0.15, -0.1) is 11.3 Å². The van der Waals surface area contributed by atoms with Gasteiger partial charge in [-0.25, -0.2) is 4.98 Å². The maximum Gasteiger partial charge on any atom is 0.231 e. The first-order valence-electron chi connectivity index (χ1n) is 6.86. The molecule has 0 aliphatic carbocycles. The molecule has 0 radical (unpaired) electrons. The van der Waals surface area contributed by atoms with E-state index in [1.165, 1.54) is 4.88 Å². The largest absolute Gasteiger partial charge is 0.454 e. The highest BCUT2D eigenvalue weighted by Gasteiger charge is 2.24. The van der Waals surface area contributed by atoms with E-state index < -0.39 is 0 Å². The summed E-state index contributed by atoms with van der Waals surface area (Å²) < 4.78 is 10.8. The summed E-state index contributed by atoms with van der Waals surface area (Å²) in [6.07, 6.45) is 0.945. The Labute approximate surface area is 133 Å². The Bertz CT molecular complexity index is 672. The maximum absolute atomic E-state index is 6.28. The fraction of sp³-hybridized carbons (Fsp3) is 0.400. The zero-order chi connectivity index (χ0) is 15.0. The van der Waals surface area contributed by atoms with Crippen LogP contribution in [0.1, 0.15) is 34.1 Å². The molecular formula is C15H17ClN2O2S. The second-order valence-corrected chi connectivity index (χ2v) is 6.51. The van der Waals surface area contributed by atoms with E-state index in [1.807, 2.05) is 19.2 Å². The highest BCUT2D eigenvalue weighted by molar-refractivity contribution is 7.11. The van der Waals surface area contributed by atoms with Gasteiger partial charge < -0.3 is 14.8 Å². The predicted molar refractivity (Wildman–Crippen MR) is 84.7 cm³/mol. The number of nitrogens with zero attached hydrogens (tertiary/aromatic N) is 1. The molecule has 21 heavy (non-hydrogen) atoms. The van der Waals surface area contributed by atoms with Gasteiger partial charge in [-0.3, -0.25) is 0 Å². The lowest BCUT2D eigenvalue weighted by Crippen LogP contribution is -2.17. The highest BCUT2D eigenvalue weighted by atomic mass is 35.5. The number of hydrogen-bond acceptors (Lipinski definition) is 5. The van der Waals surface area contributed by atoms with Crippen molar-refractivity contribution >= 4 is 22.9 Å². The summed E-state index contributed by atoms with van der Waals surface area (Å²) in [5.74, 6) is 1.32. The van der Waals surface area contributed by atoms with Crippen LogP contribution in [0.15, 0.2) is 12.1 Å². The first-order valence-corrected chi connectivity index (χ1v) is 8.06. The SMILES string of the molecule is CCc1nc(C(NC)c2cc(Cl)c3c(c2)OCO3)sc1C. The Morgan fingerprint density at radius 2 is 2.24 bits per heavy atom. The van der Waals surface area contributed by atoms with Gasteiger partial charge in [-0.05, 0) is 38.1 Å². The van der Waals surface area contributed by atoms with E-state index in [9.17, 15) is 0 Å². The first kappa shape index (κ1) is 14.6. The third-order valence-corrected chi connectivity index (χ3v) is 4.92. The molecule has 3 rings (SSSR count). The van der Waals surface area contributed by atoms with Crippen LogP contribution in [-0.2, 0) is 6.42 Å². The smallest absolute Gasteiger partial charge is 0.231 e. The van der Waals surface area contributed by atoms with Crippen molar-refractivity contribution in [3.63, 3.8) is 0 Å². The van der Waals surface area contributed by atoms with Crippen LogP contribution in [0.5, 0.6) is 11.5 Å². The summed E-state index contributed by atoms with van der Waals surface area (Å²) in [5, 5.41) is 4.93. The maximum atomic E-state index is 6.28. The Morgan fingerprint density at radius 1 is 1.43 bits per heavy atom. The van der Waals surface area contributed by atoms with Crippen molar-refractivity contribution in [3.8, 4) is 11.5 Å². The van der Waals surface area contributed by atoms with E-state index in [-0.39, 0.29) is 12.8 Å². The minimum Gasteiger partial charge on any atom is -0.454 e. The van der Waals surface area contributed by atoms with Gasteiger partial charge in [0, 0.05) is 4.88 Å². The third-order valence-electron chi connectivity index (χ3n) is 3.56. The summed E-state index contributed by atoms with van der Waals surface area (Å²) in [6.45, 7) is 4.45. The van der Waals surface area contributed by atoms with Crippen LogP contribution >= 0.6 is 22.9 Å². The molecule has 0 amide bonds. The van der Waals surface area contributed by atoms with Crippen molar-refractivity contribution in [2.75, 3.05) is 13.8 Å². The molecule has 1 aromatic carbocycles. The van der Waals surface area contributed by atoms with Crippen molar-refractivity contribution in [3.05, 3.63) is 38.3 Å². The van der Waals surface area contributed by atoms with E-state index in [4.69, 9.17) is 26.1 Å². The van der Waals surface area contributed by atoms with Crippen molar-refractivity contribution in [2.45, 2.75) is 26.3 Å². The summed E-state index contributed by atoms with van der Waals surface area (Å²) in [7, 11) is 1.92. The minimum absolute atomic E-state index is 0.000926. The summed E-state index contributed by atoms with van der Waals surface area (Å²) in [6, 6.07) is 3.89. The quantitative estimate of drug-likeness (QED) is 0.931. The fourth-order valence-corrected chi connectivity index (χ4v) is 3.91. The van der Waals surface area contributed by atoms with Gasteiger partial charge in [0.05, 0.1) is 16.8 Å². The van der Waals surface area contributed by atoms with Crippen molar-refractivity contribution in [1.82, 2.24) is 10.3 Å².